The van der Waals surface area contributed by atoms with Crippen LogP contribution in [0.2, 0.25) is 0 Å². The van der Waals surface area contributed by atoms with Gasteiger partial charge in [-0.05, 0) is 20.8 Å². The van der Waals surface area contributed by atoms with Crippen molar-refractivity contribution in [3.63, 3.8) is 0 Å². The molecule has 0 saturated heterocycles. The summed E-state index contributed by atoms with van der Waals surface area (Å²) >= 11 is 0.977. The van der Waals surface area contributed by atoms with Gasteiger partial charge in [0.15, 0.2) is 10.8 Å². The predicted octanol–water partition coefficient (Wildman–Crippen LogP) is 2.54. The number of carbonyl (C=O) groups excluding carboxylic acids is 1. The molecule has 3 heterocycles. The number of carbonyl (C=O) groups is 1. The van der Waals surface area contributed by atoms with Crippen LogP contribution >= 0.6 is 11.3 Å². The summed E-state index contributed by atoms with van der Waals surface area (Å²) < 4.78 is 40.4. The van der Waals surface area contributed by atoms with Gasteiger partial charge in [-0.3, -0.25) is 19.6 Å². The van der Waals surface area contributed by atoms with Gasteiger partial charge in [-0.1, -0.05) is 0 Å². The monoisotopic (exact) mass is 399 g/mol. The number of aromatic nitrogens is 4. The van der Waals surface area contributed by atoms with E-state index in [4.69, 9.17) is 0 Å². The lowest BCUT2D eigenvalue weighted by molar-refractivity contribution is -0.132. The highest BCUT2D eigenvalue weighted by atomic mass is 32.1. The number of amides is 1. The van der Waals surface area contributed by atoms with Crippen LogP contribution in [0, 0.1) is 20.8 Å². The molecule has 0 aliphatic carbocycles. The summed E-state index contributed by atoms with van der Waals surface area (Å²) in [6.07, 6.45) is -4.86. The summed E-state index contributed by atoms with van der Waals surface area (Å²) in [5.74, 6) is -0.747. The number of rotatable bonds is 4. The standard InChI is InChI=1S/C16H16F3N5O2S/c1-8-6-27-15(20-8)23(7-16(17,18)19)14(26)4-11-9(2)21-12-5-13(25)22-24(12)10(11)3/h5-6H,4,7H2,1-3H3,(H,22,25). The molecule has 1 N–H and O–H groups in total. The van der Waals surface area contributed by atoms with Crippen LogP contribution < -0.4 is 10.5 Å². The number of alkyl halides is 3. The van der Waals surface area contributed by atoms with Crippen LogP contribution in [0.25, 0.3) is 5.65 Å². The lowest BCUT2D eigenvalue weighted by Gasteiger charge is -2.22. The Hall–Kier alpha value is -2.69. The minimum atomic E-state index is -4.56. The number of nitrogens with zero attached hydrogens (tertiary/aromatic N) is 4. The zero-order valence-electron chi connectivity index (χ0n) is 14.7. The van der Waals surface area contributed by atoms with Crippen molar-refractivity contribution in [2.75, 3.05) is 11.4 Å². The molecule has 0 atom stereocenters. The van der Waals surface area contributed by atoms with Crippen molar-refractivity contribution >= 4 is 28.0 Å². The normalized spacial score (nSPS) is 11.9. The molecule has 0 aromatic carbocycles. The van der Waals surface area contributed by atoms with E-state index in [0.717, 1.165) is 11.3 Å². The highest BCUT2D eigenvalue weighted by Crippen LogP contribution is 2.26. The van der Waals surface area contributed by atoms with Crippen LogP contribution in [0.5, 0.6) is 0 Å². The number of nitrogens with one attached hydrogen (secondary N) is 1. The van der Waals surface area contributed by atoms with E-state index in [9.17, 15) is 22.8 Å². The van der Waals surface area contributed by atoms with Crippen LogP contribution in [-0.4, -0.2) is 38.2 Å². The molecule has 3 aromatic heterocycles. The molecule has 0 aliphatic rings. The Balaban J connectivity index is 1.98. The lowest BCUT2D eigenvalue weighted by atomic mass is 10.1. The van der Waals surface area contributed by atoms with Crippen molar-refractivity contribution in [2.45, 2.75) is 33.4 Å². The Morgan fingerprint density at radius 2 is 2.00 bits per heavy atom. The van der Waals surface area contributed by atoms with Crippen LogP contribution in [0.15, 0.2) is 16.2 Å². The first-order valence-corrected chi connectivity index (χ1v) is 8.80. The van der Waals surface area contributed by atoms with Crippen LogP contribution in [0.1, 0.15) is 22.6 Å². The number of aromatic amines is 1. The van der Waals surface area contributed by atoms with Gasteiger partial charge in [-0.2, -0.15) is 13.2 Å². The number of fused-ring (bicyclic) bond motifs is 1. The quantitative estimate of drug-likeness (QED) is 0.731. The van der Waals surface area contributed by atoms with E-state index < -0.39 is 18.6 Å². The van der Waals surface area contributed by atoms with Crippen molar-refractivity contribution in [2.24, 2.45) is 0 Å². The highest BCUT2D eigenvalue weighted by Gasteiger charge is 2.35. The molecule has 0 saturated carbocycles. The minimum Gasteiger partial charge on any atom is -0.279 e. The summed E-state index contributed by atoms with van der Waals surface area (Å²) in [6.45, 7) is 3.54. The molecule has 7 nitrogen and oxygen atoms in total. The summed E-state index contributed by atoms with van der Waals surface area (Å²) in [5.41, 5.74) is 2.03. The number of H-pyrrole nitrogens is 1. The zero-order valence-corrected chi connectivity index (χ0v) is 15.5. The second-order valence-corrected chi connectivity index (χ2v) is 6.96. The van der Waals surface area contributed by atoms with Crippen molar-refractivity contribution in [1.29, 1.82) is 0 Å². The second kappa shape index (κ2) is 6.80. The van der Waals surface area contributed by atoms with Crippen molar-refractivity contribution < 1.29 is 18.0 Å². The van der Waals surface area contributed by atoms with E-state index in [1.165, 1.54) is 10.6 Å². The summed E-state index contributed by atoms with van der Waals surface area (Å²) in [6, 6.07) is 1.31. The number of hydrogen-bond acceptors (Lipinski definition) is 5. The smallest absolute Gasteiger partial charge is 0.279 e. The average Bonchev–Trinajstić information content (AvgIpc) is 3.13. The van der Waals surface area contributed by atoms with E-state index in [1.807, 2.05) is 0 Å². The topological polar surface area (TPSA) is 83.4 Å². The molecule has 11 heteroatoms. The third kappa shape index (κ3) is 4.02. The van der Waals surface area contributed by atoms with E-state index >= 15 is 0 Å². The van der Waals surface area contributed by atoms with Crippen LogP contribution in [0.3, 0.4) is 0 Å². The molecule has 0 bridgehead atoms. The van der Waals surface area contributed by atoms with Crippen molar-refractivity contribution in [1.82, 2.24) is 19.6 Å². The largest absolute Gasteiger partial charge is 0.406 e. The molecule has 3 aromatic rings. The number of thiazole rings is 1. The lowest BCUT2D eigenvalue weighted by Crippen LogP contribution is -2.40. The van der Waals surface area contributed by atoms with E-state index in [1.54, 1.807) is 26.2 Å². The van der Waals surface area contributed by atoms with Gasteiger partial charge in [0.1, 0.15) is 6.54 Å². The molecule has 0 spiro atoms. The fraction of sp³-hybridized carbons (Fsp3) is 0.375. The van der Waals surface area contributed by atoms with Gasteiger partial charge < -0.3 is 0 Å². The molecular weight excluding hydrogens is 383 g/mol. The average molecular weight is 399 g/mol. The molecule has 1 amide bonds. The van der Waals surface area contributed by atoms with E-state index in [-0.39, 0.29) is 17.1 Å². The van der Waals surface area contributed by atoms with Gasteiger partial charge in [0.05, 0.1) is 12.1 Å². The van der Waals surface area contributed by atoms with Gasteiger partial charge in [-0.15, -0.1) is 11.3 Å². The Kier molecular flexibility index (Phi) is 4.81. The highest BCUT2D eigenvalue weighted by molar-refractivity contribution is 7.14. The summed E-state index contributed by atoms with van der Waals surface area (Å²) in [4.78, 5) is 33.1. The number of anilines is 1. The third-order valence-corrected chi connectivity index (χ3v) is 4.99. The van der Waals surface area contributed by atoms with Crippen molar-refractivity contribution in [3.8, 4) is 0 Å². The Bertz CT molecular complexity index is 1070. The van der Waals surface area contributed by atoms with Crippen molar-refractivity contribution in [3.05, 3.63) is 44.4 Å². The van der Waals surface area contributed by atoms with Crippen LogP contribution in [0.4, 0.5) is 18.3 Å². The molecule has 0 radical (unpaired) electrons. The summed E-state index contributed by atoms with van der Waals surface area (Å²) in [7, 11) is 0. The molecular formula is C16H16F3N5O2S. The van der Waals surface area contributed by atoms with Gasteiger partial charge >= 0.3 is 6.18 Å². The molecule has 144 valence electrons. The summed E-state index contributed by atoms with van der Waals surface area (Å²) in [5, 5.41) is 4.13. The maximum Gasteiger partial charge on any atom is 0.406 e. The Labute approximate surface area is 155 Å². The van der Waals surface area contributed by atoms with Crippen LogP contribution in [-0.2, 0) is 11.2 Å². The first-order chi connectivity index (χ1) is 12.5. The molecule has 3 rings (SSSR count). The Morgan fingerprint density at radius 1 is 1.30 bits per heavy atom. The first kappa shape index (κ1) is 19.1. The van der Waals surface area contributed by atoms with Gasteiger partial charge in [0.25, 0.3) is 5.56 Å². The predicted molar refractivity (Wildman–Crippen MR) is 94.2 cm³/mol. The molecule has 27 heavy (non-hydrogen) atoms. The number of aryl methyl sites for hydroxylation is 3. The molecule has 0 fully saturated rings. The molecule has 0 aliphatic heterocycles. The zero-order chi connectivity index (χ0) is 19.9. The minimum absolute atomic E-state index is 0.00598. The third-order valence-electron chi connectivity index (χ3n) is 4.01. The fourth-order valence-electron chi connectivity index (χ4n) is 2.77. The Morgan fingerprint density at radius 3 is 2.59 bits per heavy atom. The van der Waals surface area contributed by atoms with E-state index in [0.29, 0.717) is 33.2 Å². The van der Waals surface area contributed by atoms with E-state index in [2.05, 4.69) is 15.1 Å². The second-order valence-electron chi connectivity index (χ2n) is 6.12. The van der Waals surface area contributed by atoms with Gasteiger partial charge in [0.2, 0.25) is 5.91 Å². The van der Waals surface area contributed by atoms with Gasteiger partial charge in [-0.25, -0.2) is 14.5 Å². The number of halogens is 3. The SMILES string of the molecule is Cc1csc(N(CC(F)(F)F)C(=O)Cc2c(C)nc3cc(=O)[nH]n3c2C)n1. The van der Waals surface area contributed by atoms with Gasteiger partial charge in [0, 0.05) is 28.4 Å². The maximum atomic E-state index is 13.0. The maximum absolute atomic E-state index is 13.0. The fourth-order valence-corrected chi connectivity index (χ4v) is 3.58. The first-order valence-electron chi connectivity index (χ1n) is 7.92. The number of hydrogen-bond donors (Lipinski definition) is 1. The molecule has 0 unspecified atom stereocenters.